The first-order chi connectivity index (χ1) is 14.4. The molecule has 0 radical (unpaired) electrons. The highest BCUT2D eigenvalue weighted by molar-refractivity contribution is 7.13. The average Bonchev–Trinajstić information content (AvgIpc) is 3.32. The van der Waals surface area contributed by atoms with Crippen molar-refractivity contribution < 1.29 is 18.3 Å². The number of anilines is 1. The minimum Gasteiger partial charge on any atom is -0.369 e. The molecule has 0 bridgehead atoms. The van der Waals surface area contributed by atoms with E-state index in [0.717, 1.165) is 0 Å². The van der Waals surface area contributed by atoms with Crippen LogP contribution in [0.1, 0.15) is 35.1 Å². The van der Waals surface area contributed by atoms with E-state index in [0.29, 0.717) is 34.8 Å². The predicted molar refractivity (Wildman–Crippen MR) is 109 cm³/mol. The van der Waals surface area contributed by atoms with Crippen LogP contribution >= 0.6 is 11.3 Å². The van der Waals surface area contributed by atoms with Crippen LogP contribution in [0.15, 0.2) is 35.8 Å². The lowest BCUT2D eigenvalue weighted by atomic mass is 10.0. The number of nitrogens with two attached hydrogens (primary N) is 1. The molecule has 1 aliphatic heterocycles. The molecule has 10 heteroatoms. The molecule has 30 heavy (non-hydrogen) atoms. The fourth-order valence-corrected chi connectivity index (χ4v) is 4.23. The second-order valence-electron chi connectivity index (χ2n) is 7.12. The van der Waals surface area contributed by atoms with E-state index in [1.807, 2.05) is 0 Å². The monoisotopic (exact) mass is 433 g/mol. The van der Waals surface area contributed by atoms with Crippen LogP contribution in [0.2, 0.25) is 0 Å². The van der Waals surface area contributed by atoms with E-state index in [-0.39, 0.29) is 12.3 Å². The summed E-state index contributed by atoms with van der Waals surface area (Å²) < 4.78 is 35.2. The average molecular weight is 433 g/mol. The van der Waals surface area contributed by atoms with Crippen molar-refractivity contribution in [2.24, 2.45) is 12.8 Å². The minimum absolute atomic E-state index is 0.109. The fraction of sp³-hybridized carbons (Fsp3) is 0.350. The topological polar surface area (TPSA) is 95.1 Å². The van der Waals surface area contributed by atoms with Crippen molar-refractivity contribution in [1.29, 1.82) is 0 Å². The van der Waals surface area contributed by atoms with E-state index in [4.69, 9.17) is 10.5 Å². The number of nitrogens with zero attached hydrogens (tertiary/aromatic N) is 3. The number of carbonyl (C=O) groups is 1. The maximum Gasteiger partial charge on any atom is 0.275 e. The van der Waals surface area contributed by atoms with Gasteiger partial charge in [-0.1, -0.05) is 12.1 Å². The number of carbonyl (C=O) groups excluding carboxylic acids is 1. The molecule has 3 N–H and O–H groups in total. The summed E-state index contributed by atoms with van der Waals surface area (Å²) in [5, 5.41) is 8.98. The van der Waals surface area contributed by atoms with Gasteiger partial charge in [-0.15, -0.1) is 11.3 Å². The van der Waals surface area contributed by atoms with Crippen LogP contribution in [0.3, 0.4) is 0 Å². The quantitative estimate of drug-likeness (QED) is 0.657. The van der Waals surface area contributed by atoms with Gasteiger partial charge in [-0.2, -0.15) is 5.10 Å². The summed E-state index contributed by atoms with van der Waals surface area (Å²) in [7, 11) is 1.73. The van der Waals surface area contributed by atoms with Gasteiger partial charge in [-0.05, 0) is 25.0 Å². The van der Waals surface area contributed by atoms with Crippen molar-refractivity contribution in [2.75, 3.05) is 11.9 Å². The molecule has 158 valence electrons. The van der Waals surface area contributed by atoms with Crippen molar-refractivity contribution in [3.05, 3.63) is 53.0 Å². The van der Waals surface area contributed by atoms with Crippen LogP contribution in [0.5, 0.6) is 0 Å². The number of ether oxygens (including phenoxy) is 1. The summed E-state index contributed by atoms with van der Waals surface area (Å²) in [6.07, 6.45) is 0.816. The van der Waals surface area contributed by atoms with Gasteiger partial charge in [-0.25, -0.2) is 13.8 Å². The van der Waals surface area contributed by atoms with Crippen LogP contribution in [0, 0.1) is 5.82 Å². The highest BCUT2D eigenvalue weighted by Crippen LogP contribution is 2.33. The number of alkyl halides is 1. The van der Waals surface area contributed by atoms with Crippen molar-refractivity contribution in [1.82, 2.24) is 14.8 Å². The number of halogens is 2. The molecule has 1 saturated heterocycles. The van der Waals surface area contributed by atoms with Gasteiger partial charge in [0.05, 0.1) is 24.2 Å². The number of hydrogen-bond donors (Lipinski definition) is 2. The summed E-state index contributed by atoms with van der Waals surface area (Å²) in [6, 6.07) is 5.69. The molecule has 0 unspecified atom stereocenters. The Morgan fingerprint density at radius 2 is 2.17 bits per heavy atom. The normalized spacial score (nSPS) is 21.9. The molecule has 3 heterocycles. The van der Waals surface area contributed by atoms with Crippen LogP contribution in [0.4, 0.5) is 14.5 Å². The molecule has 0 aliphatic carbocycles. The first kappa shape index (κ1) is 20.6. The van der Waals surface area contributed by atoms with Crippen molar-refractivity contribution in [3.63, 3.8) is 0 Å². The Morgan fingerprint density at radius 3 is 2.97 bits per heavy atom. The van der Waals surface area contributed by atoms with Crippen LogP contribution in [-0.2, 0) is 11.8 Å². The third-order valence-corrected chi connectivity index (χ3v) is 5.94. The molecular weight excluding hydrogens is 412 g/mol. The molecular formula is C20H21F2N5O2S. The van der Waals surface area contributed by atoms with Gasteiger partial charge in [0.2, 0.25) is 0 Å². The number of rotatable bonds is 4. The number of thiazole rings is 1. The van der Waals surface area contributed by atoms with Crippen LogP contribution in [-0.4, -0.2) is 39.5 Å². The lowest BCUT2D eigenvalue weighted by Gasteiger charge is -2.17. The van der Waals surface area contributed by atoms with Gasteiger partial charge >= 0.3 is 0 Å². The molecule has 4 rings (SSSR count). The van der Waals surface area contributed by atoms with Gasteiger partial charge in [0.25, 0.3) is 5.91 Å². The van der Waals surface area contributed by atoms with E-state index >= 15 is 0 Å². The molecule has 2 aromatic heterocycles. The zero-order chi connectivity index (χ0) is 21.3. The number of aromatic nitrogens is 3. The van der Waals surface area contributed by atoms with E-state index in [1.54, 1.807) is 35.3 Å². The van der Waals surface area contributed by atoms with E-state index in [1.165, 1.54) is 23.6 Å². The fourth-order valence-electron chi connectivity index (χ4n) is 3.40. The molecule has 1 aliphatic rings. The standard InChI is InChI=1S/C20H21F2N5O2S/c1-27-18(17-7-6-14(23)13(22)9-29-17)15(8-24-27)25-19(28)16-10-30-20(26-16)11-4-2-3-5-12(11)21/h2-5,8,10,13-14,17H,6-7,9,23H2,1H3,(H,25,28)/t13-,14-,17+/m1/s1. The lowest BCUT2D eigenvalue weighted by Crippen LogP contribution is -2.32. The van der Waals surface area contributed by atoms with Crippen molar-refractivity contribution in [3.8, 4) is 10.6 Å². The minimum atomic E-state index is -1.23. The zero-order valence-corrected chi connectivity index (χ0v) is 17.0. The Bertz CT molecular complexity index is 1040. The molecule has 3 aromatic rings. The molecule has 1 fully saturated rings. The molecule has 1 aromatic carbocycles. The van der Waals surface area contributed by atoms with Crippen LogP contribution in [0.25, 0.3) is 10.6 Å². The Kier molecular flexibility index (Phi) is 5.89. The van der Waals surface area contributed by atoms with E-state index in [2.05, 4.69) is 15.4 Å². The third kappa shape index (κ3) is 4.11. The summed E-state index contributed by atoms with van der Waals surface area (Å²) in [5.41, 5.74) is 7.41. The van der Waals surface area contributed by atoms with Gasteiger partial charge < -0.3 is 15.8 Å². The Labute approximate surface area is 175 Å². The van der Waals surface area contributed by atoms with Crippen molar-refractivity contribution >= 4 is 22.9 Å². The smallest absolute Gasteiger partial charge is 0.275 e. The maximum absolute atomic E-state index is 14.0. The first-order valence-electron chi connectivity index (χ1n) is 9.49. The lowest BCUT2D eigenvalue weighted by molar-refractivity contribution is 0.0247. The number of benzene rings is 1. The highest BCUT2D eigenvalue weighted by atomic mass is 32.1. The van der Waals surface area contributed by atoms with Gasteiger partial charge in [0, 0.05) is 24.0 Å². The van der Waals surface area contributed by atoms with E-state index < -0.39 is 30.0 Å². The highest BCUT2D eigenvalue weighted by Gasteiger charge is 2.30. The second-order valence-corrected chi connectivity index (χ2v) is 7.98. The third-order valence-electron chi connectivity index (χ3n) is 5.06. The first-order valence-corrected chi connectivity index (χ1v) is 10.4. The van der Waals surface area contributed by atoms with Crippen molar-refractivity contribution in [2.45, 2.75) is 31.2 Å². The Balaban J connectivity index is 1.53. The maximum atomic E-state index is 14.0. The Hall–Kier alpha value is -2.69. The largest absolute Gasteiger partial charge is 0.369 e. The zero-order valence-electron chi connectivity index (χ0n) is 16.2. The molecule has 0 saturated carbocycles. The summed E-state index contributed by atoms with van der Waals surface area (Å²) >= 11 is 1.18. The number of hydrogen-bond acceptors (Lipinski definition) is 6. The Morgan fingerprint density at radius 1 is 1.37 bits per heavy atom. The van der Waals surface area contributed by atoms with Crippen LogP contribution < -0.4 is 11.1 Å². The molecule has 1 amide bonds. The SMILES string of the molecule is Cn1ncc(NC(=O)c2csc(-c3ccccc3F)n2)c1[C@@H]1CC[C@@H](N)[C@H](F)CO1. The number of nitrogens with one attached hydrogen (secondary N) is 1. The summed E-state index contributed by atoms with van der Waals surface area (Å²) in [4.78, 5) is 17.0. The van der Waals surface area contributed by atoms with Gasteiger partial charge in [0.15, 0.2) is 0 Å². The predicted octanol–water partition coefficient (Wildman–Crippen LogP) is 3.45. The van der Waals surface area contributed by atoms with E-state index in [9.17, 15) is 13.6 Å². The van der Waals surface area contributed by atoms with Gasteiger partial charge in [0.1, 0.15) is 28.8 Å². The van der Waals surface area contributed by atoms with Gasteiger partial charge in [-0.3, -0.25) is 9.48 Å². The summed E-state index contributed by atoms with van der Waals surface area (Å²) in [6.45, 7) is -0.109. The number of amides is 1. The summed E-state index contributed by atoms with van der Waals surface area (Å²) in [5.74, 6) is -0.847. The molecule has 0 spiro atoms. The second kappa shape index (κ2) is 8.58. The molecule has 7 nitrogen and oxygen atoms in total. The molecule has 3 atom stereocenters. The number of aryl methyl sites for hydroxylation is 1.